The highest BCUT2D eigenvalue weighted by molar-refractivity contribution is 7.89. The minimum Gasteiger partial charge on any atom is -0.352 e. The van der Waals surface area contributed by atoms with Gasteiger partial charge in [-0.25, -0.2) is 13.1 Å². The molecule has 1 amide bonds. The third-order valence-corrected chi connectivity index (χ3v) is 3.57. The molecular formula is C10H14N2O3S. The summed E-state index contributed by atoms with van der Waals surface area (Å²) in [5, 5.41) is 2.57. The number of sulfonamides is 1. The van der Waals surface area contributed by atoms with Crippen molar-refractivity contribution in [3.05, 3.63) is 29.8 Å². The second-order valence-electron chi connectivity index (χ2n) is 3.23. The molecule has 0 bridgehead atoms. The van der Waals surface area contributed by atoms with Crippen molar-refractivity contribution in [2.45, 2.75) is 18.4 Å². The molecular weight excluding hydrogens is 228 g/mol. The predicted octanol–water partition coefficient (Wildman–Crippen LogP) is 0.231. The van der Waals surface area contributed by atoms with E-state index in [4.69, 9.17) is 0 Å². The summed E-state index contributed by atoms with van der Waals surface area (Å²) >= 11 is 0. The lowest BCUT2D eigenvalue weighted by atomic mass is 10.2. The van der Waals surface area contributed by atoms with Crippen LogP contribution >= 0.6 is 0 Å². The molecule has 88 valence electrons. The zero-order valence-electron chi connectivity index (χ0n) is 9.15. The molecule has 5 nitrogen and oxygen atoms in total. The van der Waals surface area contributed by atoms with Crippen LogP contribution in [0, 0.1) is 0 Å². The molecule has 0 aromatic heterocycles. The Morgan fingerprint density at radius 1 is 1.31 bits per heavy atom. The van der Waals surface area contributed by atoms with Crippen molar-refractivity contribution in [3.8, 4) is 0 Å². The highest BCUT2D eigenvalue weighted by Crippen LogP contribution is 2.14. The summed E-state index contributed by atoms with van der Waals surface area (Å²) in [6, 6.07) is 6.54. The van der Waals surface area contributed by atoms with Gasteiger partial charge in [0.05, 0.1) is 4.90 Å². The molecule has 0 fully saturated rings. The number of rotatable bonds is 4. The first kappa shape index (κ1) is 12.7. The Bertz CT molecular complexity index is 483. The molecule has 0 radical (unpaired) electrons. The first-order valence-corrected chi connectivity index (χ1v) is 6.21. The average molecular weight is 242 g/mol. The molecule has 0 atom stereocenters. The zero-order chi connectivity index (χ0) is 12.2. The molecule has 1 aromatic carbocycles. The number of amides is 1. The molecule has 0 heterocycles. The topological polar surface area (TPSA) is 75.3 Å². The number of carbonyl (C=O) groups excluding carboxylic acids is 1. The van der Waals surface area contributed by atoms with Gasteiger partial charge < -0.3 is 5.32 Å². The van der Waals surface area contributed by atoms with E-state index >= 15 is 0 Å². The zero-order valence-corrected chi connectivity index (χ0v) is 9.97. The molecule has 6 heteroatoms. The molecule has 0 aliphatic rings. The monoisotopic (exact) mass is 242 g/mol. The summed E-state index contributed by atoms with van der Waals surface area (Å²) in [6.07, 6.45) is 0. The van der Waals surface area contributed by atoms with Gasteiger partial charge in [-0.2, -0.15) is 0 Å². The fraction of sp³-hybridized carbons (Fsp3) is 0.300. The molecule has 0 saturated heterocycles. The molecule has 0 spiro atoms. The van der Waals surface area contributed by atoms with Crippen LogP contribution in [0.15, 0.2) is 29.2 Å². The van der Waals surface area contributed by atoms with Gasteiger partial charge in [-0.15, -0.1) is 0 Å². The minimum absolute atomic E-state index is 0.186. The summed E-state index contributed by atoms with van der Waals surface area (Å²) in [5.41, 5.74) is 0.562. The summed E-state index contributed by atoms with van der Waals surface area (Å²) in [7, 11) is -2.13. The van der Waals surface area contributed by atoms with Crippen molar-refractivity contribution in [2.75, 3.05) is 7.05 Å². The Labute approximate surface area is 94.9 Å². The fourth-order valence-electron chi connectivity index (χ4n) is 1.24. The summed E-state index contributed by atoms with van der Waals surface area (Å²) in [4.78, 5) is 11.0. The van der Waals surface area contributed by atoms with Crippen molar-refractivity contribution in [2.24, 2.45) is 0 Å². The van der Waals surface area contributed by atoms with Crippen molar-refractivity contribution in [1.82, 2.24) is 10.0 Å². The van der Waals surface area contributed by atoms with Crippen LogP contribution in [0.25, 0.3) is 0 Å². The van der Waals surface area contributed by atoms with E-state index in [9.17, 15) is 13.2 Å². The lowest BCUT2D eigenvalue weighted by Crippen LogP contribution is -2.24. The Morgan fingerprint density at radius 3 is 2.50 bits per heavy atom. The summed E-state index contributed by atoms with van der Waals surface area (Å²) < 4.78 is 25.5. The van der Waals surface area contributed by atoms with Crippen molar-refractivity contribution in [3.63, 3.8) is 0 Å². The van der Waals surface area contributed by atoms with Gasteiger partial charge in [0.2, 0.25) is 15.9 Å². The molecule has 0 unspecified atom stereocenters. The van der Waals surface area contributed by atoms with Gasteiger partial charge in [0, 0.05) is 13.5 Å². The maximum absolute atomic E-state index is 11.6. The lowest BCUT2D eigenvalue weighted by Gasteiger charge is -2.09. The highest BCUT2D eigenvalue weighted by atomic mass is 32.2. The highest BCUT2D eigenvalue weighted by Gasteiger charge is 2.15. The van der Waals surface area contributed by atoms with E-state index in [2.05, 4.69) is 10.0 Å². The third-order valence-electron chi connectivity index (χ3n) is 2.06. The van der Waals surface area contributed by atoms with Crippen LogP contribution in [0.3, 0.4) is 0 Å². The molecule has 0 aliphatic carbocycles. The minimum atomic E-state index is -3.48. The van der Waals surface area contributed by atoms with Gasteiger partial charge >= 0.3 is 0 Å². The van der Waals surface area contributed by atoms with Gasteiger partial charge in [-0.3, -0.25) is 4.79 Å². The van der Waals surface area contributed by atoms with Crippen LogP contribution in [0.5, 0.6) is 0 Å². The Morgan fingerprint density at radius 2 is 1.94 bits per heavy atom. The quantitative estimate of drug-likeness (QED) is 0.793. The van der Waals surface area contributed by atoms with Gasteiger partial charge in [0.25, 0.3) is 0 Å². The molecule has 16 heavy (non-hydrogen) atoms. The molecule has 0 saturated carbocycles. The van der Waals surface area contributed by atoms with Crippen molar-refractivity contribution in [1.29, 1.82) is 0 Å². The van der Waals surface area contributed by atoms with Crippen molar-refractivity contribution < 1.29 is 13.2 Å². The standard InChI is InChI=1S/C10H14N2O3S/c1-8(13)12-7-9-5-3-4-6-10(9)16(14,15)11-2/h3-6,11H,7H2,1-2H3,(H,12,13). The number of carbonyl (C=O) groups is 1. The largest absolute Gasteiger partial charge is 0.352 e. The van der Waals surface area contributed by atoms with Crippen molar-refractivity contribution >= 4 is 15.9 Å². The van der Waals surface area contributed by atoms with E-state index < -0.39 is 10.0 Å². The molecule has 0 aliphatic heterocycles. The number of nitrogens with one attached hydrogen (secondary N) is 2. The number of hydrogen-bond acceptors (Lipinski definition) is 3. The fourth-order valence-corrected chi connectivity index (χ4v) is 2.20. The number of hydrogen-bond donors (Lipinski definition) is 2. The molecule has 2 N–H and O–H groups in total. The van der Waals surface area contributed by atoms with Gasteiger partial charge in [0.1, 0.15) is 0 Å². The third kappa shape index (κ3) is 3.04. The summed E-state index contributed by atoms with van der Waals surface area (Å²) in [6.45, 7) is 1.58. The van der Waals surface area contributed by atoms with E-state index in [0.717, 1.165) is 0 Å². The maximum atomic E-state index is 11.6. The van der Waals surface area contributed by atoms with Crippen LogP contribution in [0.1, 0.15) is 12.5 Å². The lowest BCUT2D eigenvalue weighted by molar-refractivity contribution is -0.119. The normalized spacial score (nSPS) is 11.1. The van der Waals surface area contributed by atoms with Crippen LogP contribution in [-0.4, -0.2) is 21.4 Å². The van der Waals surface area contributed by atoms with Crippen LogP contribution in [-0.2, 0) is 21.4 Å². The van der Waals surface area contributed by atoms with E-state index in [1.54, 1.807) is 18.2 Å². The second kappa shape index (κ2) is 5.09. The van der Waals surface area contributed by atoms with E-state index in [1.807, 2.05) is 0 Å². The van der Waals surface area contributed by atoms with Crippen LogP contribution in [0.2, 0.25) is 0 Å². The maximum Gasteiger partial charge on any atom is 0.240 e. The van der Waals surface area contributed by atoms with Gasteiger partial charge in [0.15, 0.2) is 0 Å². The average Bonchev–Trinajstić information content (AvgIpc) is 2.26. The first-order chi connectivity index (χ1) is 7.47. The second-order valence-corrected chi connectivity index (χ2v) is 5.08. The molecule has 1 rings (SSSR count). The van der Waals surface area contributed by atoms with Crippen LogP contribution < -0.4 is 10.0 Å². The van der Waals surface area contributed by atoms with E-state index in [1.165, 1.54) is 20.0 Å². The Hall–Kier alpha value is -1.40. The van der Waals surface area contributed by atoms with E-state index in [-0.39, 0.29) is 17.3 Å². The van der Waals surface area contributed by atoms with E-state index in [0.29, 0.717) is 5.56 Å². The number of benzene rings is 1. The Balaban J connectivity index is 3.06. The predicted molar refractivity (Wildman–Crippen MR) is 60.2 cm³/mol. The van der Waals surface area contributed by atoms with Gasteiger partial charge in [-0.1, -0.05) is 18.2 Å². The van der Waals surface area contributed by atoms with Crippen LogP contribution in [0.4, 0.5) is 0 Å². The summed E-state index contributed by atoms with van der Waals surface area (Å²) in [5.74, 6) is -0.198. The first-order valence-electron chi connectivity index (χ1n) is 4.73. The van der Waals surface area contributed by atoms with Gasteiger partial charge in [-0.05, 0) is 18.7 Å². The molecule has 1 aromatic rings. The Kier molecular flexibility index (Phi) is 4.03. The SMILES string of the molecule is CNS(=O)(=O)c1ccccc1CNC(C)=O. The smallest absolute Gasteiger partial charge is 0.240 e.